The van der Waals surface area contributed by atoms with Crippen molar-refractivity contribution in [1.29, 1.82) is 0 Å². The third kappa shape index (κ3) is 6.13. The highest BCUT2D eigenvalue weighted by Gasteiger charge is 2.20. The second kappa shape index (κ2) is 10.2. The molecular weight excluding hydrogens is 392 g/mol. The molecule has 2 aromatic carbocycles. The lowest BCUT2D eigenvalue weighted by molar-refractivity contribution is -0.116. The van der Waals surface area contributed by atoms with Crippen LogP contribution in [0, 0.1) is 6.92 Å². The molecule has 0 aliphatic carbocycles. The van der Waals surface area contributed by atoms with E-state index in [9.17, 15) is 18.0 Å². The summed E-state index contributed by atoms with van der Waals surface area (Å²) in [6, 6.07) is 13.1. The van der Waals surface area contributed by atoms with E-state index >= 15 is 0 Å². The van der Waals surface area contributed by atoms with Crippen LogP contribution in [-0.2, 0) is 19.6 Å². The molecule has 1 N–H and O–H groups in total. The largest absolute Gasteiger partial charge is 0.462 e. The molecule has 0 spiro atoms. The number of rotatable bonds is 9. The van der Waals surface area contributed by atoms with E-state index in [4.69, 9.17) is 4.74 Å². The molecule has 7 nitrogen and oxygen atoms in total. The molecule has 0 radical (unpaired) electrons. The summed E-state index contributed by atoms with van der Waals surface area (Å²) >= 11 is 0. The van der Waals surface area contributed by atoms with E-state index in [2.05, 4.69) is 5.32 Å². The highest BCUT2D eigenvalue weighted by molar-refractivity contribution is 7.89. The number of nitrogens with one attached hydrogen (secondary N) is 1. The van der Waals surface area contributed by atoms with Gasteiger partial charge in [0, 0.05) is 25.7 Å². The lowest BCUT2D eigenvalue weighted by Gasteiger charge is -2.17. The number of hydrogen-bond acceptors (Lipinski definition) is 5. The quantitative estimate of drug-likeness (QED) is 0.631. The first-order valence-electron chi connectivity index (χ1n) is 9.34. The molecule has 0 fully saturated rings. The summed E-state index contributed by atoms with van der Waals surface area (Å²) in [6.45, 7) is 4.05. The number of anilines is 1. The van der Waals surface area contributed by atoms with Gasteiger partial charge < -0.3 is 10.1 Å². The Morgan fingerprint density at radius 1 is 1.10 bits per heavy atom. The van der Waals surface area contributed by atoms with Crippen molar-refractivity contribution < 1.29 is 22.7 Å². The summed E-state index contributed by atoms with van der Waals surface area (Å²) in [5.41, 5.74) is 1.77. The number of esters is 1. The molecular formula is C21H26N2O5S. The maximum absolute atomic E-state index is 12.5. The van der Waals surface area contributed by atoms with E-state index in [-0.39, 0.29) is 23.8 Å². The standard InChI is InChI=1S/C21H26N2O5S/c1-4-28-21(25)17-12-13-19(16(2)15-17)22-20(24)11-8-14-23(3)29(26,27)18-9-6-5-7-10-18/h5-7,9-10,12-13,15H,4,8,11,14H2,1-3H3,(H,22,24). The Balaban J connectivity index is 1.88. The molecule has 0 aliphatic rings. The Morgan fingerprint density at radius 2 is 1.79 bits per heavy atom. The first kappa shape index (κ1) is 22.6. The normalized spacial score (nSPS) is 11.3. The van der Waals surface area contributed by atoms with Crippen LogP contribution >= 0.6 is 0 Å². The Bertz CT molecular complexity index is 958. The monoisotopic (exact) mass is 418 g/mol. The van der Waals surface area contributed by atoms with Gasteiger partial charge >= 0.3 is 5.97 Å². The van der Waals surface area contributed by atoms with Crippen LogP contribution in [0.1, 0.15) is 35.7 Å². The fourth-order valence-corrected chi connectivity index (χ4v) is 3.94. The molecule has 2 rings (SSSR count). The van der Waals surface area contributed by atoms with Crippen LogP contribution in [0.3, 0.4) is 0 Å². The smallest absolute Gasteiger partial charge is 0.338 e. The van der Waals surface area contributed by atoms with Gasteiger partial charge in [-0.1, -0.05) is 18.2 Å². The Hall–Kier alpha value is -2.71. The molecule has 0 saturated carbocycles. The van der Waals surface area contributed by atoms with Crippen LogP contribution in [0.15, 0.2) is 53.4 Å². The minimum atomic E-state index is -3.56. The van der Waals surface area contributed by atoms with Crippen molar-refractivity contribution in [2.75, 3.05) is 25.5 Å². The number of nitrogens with zero attached hydrogens (tertiary/aromatic N) is 1. The van der Waals surface area contributed by atoms with E-state index in [0.29, 0.717) is 24.3 Å². The molecule has 0 aliphatic heterocycles. The van der Waals surface area contributed by atoms with Gasteiger partial charge in [0.05, 0.1) is 17.1 Å². The zero-order valence-electron chi connectivity index (χ0n) is 16.8. The van der Waals surface area contributed by atoms with Gasteiger partial charge in [-0.05, 0) is 56.2 Å². The zero-order valence-corrected chi connectivity index (χ0v) is 17.7. The SMILES string of the molecule is CCOC(=O)c1ccc(NC(=O)CCCN(C)S(=O)(=O)c2ccccc2)c(C)c1. The predicted octanol–water partition coefficient (Wildman–Crippen LogP) is 3.21. The van der Waals surface area contributed by atoms with Crippen LogP contribution in [0.2, 0.25) is 0 Å². The van der Waals surface area contributed by atoms with E-state index in [1.165, 1.54) is 11.4 Å². The summed E-state index contributed by atoms with van der Waals surface area (Å²) in [5, 5.41) is 2.79. The van der Waals surface area contributed by atoms with Gasteiger partial charge in [0.15, 0.2) is 0 Å². The van der Waals surface area contributed by atoms with E-state index in [1.54, 1.807) is 62.4 Å². The van der Waals surface area contributed by atoms with Gasteiger partial charge in [-0.15, -0.1) is 0 Å². The highest BCUT2D eigenvalue weighted by atomic mass is 32.2. The van der Waals surface area contributed by atoms with Gasteiger partial charge in [0.2, 0.25) is 15.9 Å². The summed E-state index contributed by atoms with van der Waals surface area (Å²) < 4.78 is 31.1. The van der Waals surface area contributed by atoms with Gasteiger partial charge in [-0.3, -0.25) is 4.79 Å². The number of benzene rings is 2. The van der Waals surface area contributed by atoms with Gasteiger partial charge in [-0.2, -0.15) is 0 Å². The number of hydrogen-bond donors (Lipinski definition) is 1. The molecule has 0 heterocycles. The molecule has 0 unspecified atom stereocenters. The van der Waals surface area contributed by atoms with Crippen LogP contribution in [0.5, 0.6) is 0 Å². The lowest BCUT2D eigenvalue weighted by Crippen LogP contribution is -2.28. The van der Waals surface area contributed by atoms with Crippen LogP contribution < -0.4 is 5.32 Å². The number of carbonyl (C=O) groups is 2. The fourth-order valence-electron chi connectivity index (χ4n) is 2.71. The van der Waals surface area contributed by atoms with Crippen LogP contribution in [-0.4, -0.2) is 44.8 Å². The van der Waals surface area contributed by atoms with Crippen LogP contribution in [0.25, 0.3) is 0 Å². The topological polar surface area (TPSA) is 92.8 Å². The van der Waals surface area contributed by atoms with Crippen molar-refractivity contribution in [2.45, 2.75) is 31.6 Å². The van der Waals surface area contributed by atoms with Crippen LogP contribution in [0.4, 0.5) is 5.69 Å². The molecule has 0 bridgehead atoms. The Kier molecular flexibility index (Phi) is 7.92. The lowest BCUT2D eigenvalue weighted by atomic mass is 10.1. The number of ether oxygens (including phenoxy) is 1. The van der Waals surface area contributed by atoms with Crippen molar-refractivity contribution in [3.63, 3.8) is 0 Å². The van der Waals surface area contributed by atoms with Crippen molar-refractivity contribution >= 4 is 27.6 Å². The van der Waals surface area contributed by atoms with Crippen molar-refractivity contribution in [3.8, 4) is 0 Å². The fraction of sp³-hybridized carbons (Fsp3) is 0.333. The number of aryl methyl sites for hydroxylation is 1. The van der Waals surface area contributed by atoms with Gasteiger partial charge in [-0.25, -0.2) is 17.5 Å². The zero-order chi connectivity index (χ0) is 21.4. The second-order valence-electron chi connectivity index (χ2n) is 6.54. The van der Waals surface area contributed by atoms with Gasteiger partial charge in [0.1, 0.15) is 0 Å². The molecule has 0 atom stereocenters. The minimum absolute atomic E-state index is 0.174. The molecule has 0 aromatic heterocycles. The molecule has 1 amide bonds. The van der Waals surface area contributed by atoms with Crippen molar-refractivity contribution in [2.24, 2.45) is 0 Å². The number of amides is 1. The van der Waals surface area contributed by atoms with Crippen molar-refractivity contribution in [3.05, 3.63) is 59.7 Å². The van der Waals surface area contributed by atoms with Gasteiger partial charge in [0.25, 0.3) is 0 Å². The molecule has 0 saturated heterocycles. The predicted molar refractivity (Wildman–Crippen MR) is 111 cm³/mol. The van der Waals surface area contributed by atoms with E-state index in [1.807, 2.05) is 0 Å². The average Bonchev–Trinajstić information content (AvgIpc) is 2.70. The first-order chi connectivity index (χ1) is 13.8. The summed E-state index contributed by atoms with van der Waals surface area (Å²) in [7, 11) is -2.06. The molecule has 2 aromatic rings. The third-order valence-electron chi connectivity index (χ3n) is 4.34. The van der Waals surface area contributed by atoms with Crippen molar-refractivity contribution in [1.82, 2.24) is 4.31 Å². The molecule has 156 valence electrons. The Labute approximate surface area is 171 Å². The third-order valence-corrected chi connectivity index (χ3v) is 6.21. The van der Waals surface area contributed by atoms with E-state index < -0.39 is 16.0 Å². The second-order valence-corrected chi connectivity index (χ2v) is 8.59. The first-order valence-corrected chi connectivity index (χ1v) is 10.8. The highest BCUT2D eigenvalue weighted by Crippen LogP contribution is 2.18. The maximum Gasteiger partial charge on any atom is 0.338 e. The molecule has 29 heavy (non-hydrogen) atoms. The Morgan fingerprint density at radius 3 is 2.41 bits per heavy atom. The minimum Gasteiger partial charge on any atom is -0.462 e. The van der Waals surface area contributed by atoms with E-state index in [0.717, 1.165) is 5.56 Å². The average molecular weight is 419 g/mol. The number of carbonyl (C=O) groups excluding carboxylic acids is 2. The summed E-state index contributed by atoms with van der Waals surface area (Å²) in [4.78, 5) is 24.2. The number of sulfonamides is 1. The molecule has 8 heteroatoms. The summed E-state index contributed by atoms with van der Waals surface area (Å²) in [5.74, 6) is -0.626. The summed E-state index contributed by atoms with van der Waals surface area (Å²) in [6.07, 6.45) is 0.558. The maximum atomic E-state index is 12.5.